The molecular weight excluding hydrogens is 310 g/mol. The van der Waals surface area contributed by atoms with Crippen molar-refractivity contribution in [2.75, 3.05) is 13.2 Å². The SMILES string of the molecule is Cc1cccc(OCCNC(=O)C2(c3ccc(Cl)cc3)CC2)c1. The lowest BCUT2D eigenvalue weighted by Gasteiger charge is -2.16. The Kier molecular flexibility index (Phi) is 4.58. The fourth-order valence-electron chi connectivity index (χ4n) is 2.75. The molecule has 23 heavy (non-hydrogen) atoms. The molecule has 1 saturated carbocycles. The van der Waals surface area contributed by atoms with Crippen LogP contribution in [0, 0.1) is 6.92 Å². The van der Waals surface area contributed by atoms with E-state index < -0.39 is 0 Å². The molecule has 1 amide bonds. The van der Waals surface area contributed by atoms with Crippen molar-refractivity contribution in [3.05, 3.63) is 64.7 Å². The van der Waals surface area contributed by atoms with E-state index in [1.165, 1.54) is 0 Å². The molecular formula is C19H20ClNO2. The van der Waals surface area contributed by atoms with Crippen LogP contribution in [0.15, 0.2) is 48.5 Å². The standard InChI is InChI=1S/C19H20ClNO2/c1-14-3-2-4-17(13-14)23-12-11-21-18(22)19(9-10-19)15-5-7-16(20)8-6-15/h2-8,13H,9-12H2,1H3,(H,21,22). The van der Waals surface area contributed by atoms with Gasteiger partial charge in [0.2, 0.25) is 5.91 Å². The van der Waals surface area contributed by atoms with E-state index in [-0.39, 0.29) is 11.3 Å². The second kappa shape index (κ2) is 6.63. The van der Waals surface area contributed by atoms with Gasteiger partial charge in [-0.25, -0.2) is 0 Å². The Morgan fingerprint density at radius 1 is 1.22 bits per heavy atom. The fraction of sp³-hybridized carbons (Fsp3) is 0.316. The Hall–Kier alpha value is -2.00. The maximum absolute atomic E-state index is 12.5. The normalized spacial score (nSPS) is 15.0. The van der Waals surface area contributed by atoms with Crippen LogP contribution in [0.25, 0.3) is 0 Å². The third-order valence-electron chi connectivity index (χ3n) is 4.23. The van der Waals surface area contributed by atoms with Crippen molar-refractivity contribution >= 4 is 17.5 Å². The Morgan fingerprint density at radius 3 is 2.61 bits per heavy atom. The molecule has 2 aromatic carbocycles. The molecule has 0 aromatic heterocycles. The molecule has 1 fully saturated rings. The molecule has 0 radical (unpaired) electrons. The Morgan fingerprint density at radius 2 is 1.96 bits per heavy atom. The van der Waals surface area contributed by atoms with E-state index in [1.54, 1.807) is 0 Å². The number of hydrogen-bond donors (Lipinski definition) is 1. The van der Waals surface area contributed by atoms with Gasteiger partial charge in [-0.1, -0.05) is 35.9 Å². The number of ether oxygens (including phenoxy) is 1. The molecule has 0 heterocycles. The van der Waals surface area contributed by atoms with Gasteiger partial charge in [0.1, 0.15) is 12.4 Å². The molecule has 0 atom stereocenters. The lowest BCUT2D eigenvalue weighted by Crippen LogP contribution is -2.37. The van der Waals surface area contributed by atoms with Gasteiger partial charge in [-0.05, 0) is 55.2 Å². The average Bonchev–Trinajstić information content (AvgIpc) is 3.34. The van der Waals surface area contributed by atoms with Gasteiger partial charge < -0.3 is 10.1 Å². The Balaban J connectivity index is 1.50. The van der Waals surface area contributed by atoms with Crippen LogP contribution in [0.2, 0.25) is 5.02 Å². The van der Waals surface area contributed by atoms with Crippen LogP contribution in [0.3, 0.4) is 0 Å². The van der Waals surface area contributed by atoms with Gasteiger partial charge >= 0.3 is 0 Å². The van der Waals surface area contributed by atoms with Gasteiger partial charge in [-0.2, -0.15) is 0 Å². The second-order valence-electron chi connectivity index (χ2n) is 6.01. The highest BCUT2D eigenvalue weighted by Crippen LogP contribution is 2.48. The zero-order chi connectivity index (χ0) is 16.3. The van der Waals surface area contributed by atoms with E-state index in [0.29, 0.717) is 18.2 Å². The van der Waals surface area contributed by atoms with Gasteiger partial charge in [-0.3, -0.25) is 4.79 Å². The number of nitrogens with one attached hydrogen (secondary N) is 1. The maximum atomic E-state index is 12.5. The monoisotopic (exact) mass is 329 g/mol. The predicted molar refractivity (Wildman–Crippen MR) is 92.0 cm³/mol. The fourth-order valence-corrected chi connectivity index (χ4v) is 2.87. The van der Waals surface area contributed by atoms with E-state index in [4.69, 9.17) is 16.3 Å². The number of rotatable bonds is 6. The minimum absolute atomic E-state index is 0.0765. The van der Waals surface area contributed by atoms with Crippen molar-refractivity contribution in [1.82, 2.24) is 5.32 Å². The van der Waals surface area contributed by atoms with Crippen molar-refractivity contribution in [3.63, 3.8) is 0 Å². The smallest absolute Gasteiger partial charge is 0.230 e. The van der Waals surface area contributed by atoms with Crippen LogP contribution in [0.5, 0.6) is 5.75 Å². The predicted octanol–water partition coefficient (Wildman–Crippen LogP) is 3.88. The Labute approximate surface area is 141 Å². The molecule has 0 unspecified atom stereocenters. The molecule has 3 nitrogen and oxygen atoms in total. The molecule has 1 aliphatic carbocycles. The largest absolute Gasteiger partial charge is 0.492 e. The zero-order valence-electron chi connectivity index (χ0n) is 13.1. The highest BCUT2D eigenvalue weighted by Gasteiger charge is 2.50. The lowest BCUT2D eigenvalue weighted by atomic mass is 9.95. The van der Waals surface area contributed by atoms with Gasteiger partial charge in [0.15, 0.2) is 0 Å². The number of amides is 1. The molecule has 0 spiro atoms. The van der Waals surface area contributed by atoms with Crippen LogP contribution in [-0.2, 0) is 10.2 Å². The van der Waals surface area contributed by atoms with Crippen molar-refractivity contribution in [1.29, 1.82) is 0 Å². The molecule has 1 N–H and O–H groups in total. The van der Waals surface area contributed by atoms with E-state index in [1.807, 2.05) is 55.5 Å². The number of hydrogen-bond acceptors (Lipinski definition) is 2. The van der Waals surface area contributed by atoms with Crippen LogP contribution in [-0.4, -0.2) is 19.1 Å². The molecule has 0 bridgehead atoms. The summed E-state index contributed by atoms with van der Waals surface area (Å²) < 4.78 is 5.66. The zero-order valence-corrected chi connectivity index (χ0v) is 13.9. The van der Waals surface area contributed by atoms with Crippen LogP contribution in [0.4, 0.5) is 0 Å². The third-order valence-corrected chi connectivity index (χ3v) is 4.48. The van der Waals surface area contributed by atoms with Crippen LogP contribution in [0.1, 0.15) is 24.0 Å². The van der Waals surface area contributed by atoms with Crippen molar-refractivity contribution < 1.29 is 9.53 Å². The lowest BCUT2D eigenvalue weighted by molar-refractivity contribution is -0.123. The summed E-state index contributed by atoms with van der Waals surface area (Å²) in [7, 11) is 0. The van der Waals surface area contributed by atoms with E-state index >= 15 is 0 Å². The first-order chi connectivity index (χ1) is 11.1. The van der Waals surface area contributed by atoms with E-state index in [0.717, 1.165) is 29.7 Å². The number of aryl methyl sites for hydroxylation is 1. The van der Waals surface area contributed by atoms with Gasteiger partial charge in [0.05, 0.1) is 12.0 Å². The van der Waals surface area contributed by atoms with Gasteiger partial charge in [-0.15, -0.1) is 0 Å². The Bertz CT molecular complexity index is 693. The second-order valence-corrected chi connectivity index (χ2v) is 6.45. The van der Waals surface area contributed by atoms with Crippen LogP contribution >= 0.6 is 11.6 Å². The summed E-state index contributed by atoms with van der Waals surface area (Å²) in [6, 6.07) is 15.5. The number of carbonyl (C=O) groups excluding carboxylic acids is 1. The average molecular weight is 330 g/mol. The highest BCUT2D eigenvalue weighted by molar-refractivity contribution is 6.30. The first kappa shape index (κ1) is 15.9. The van der Waals surface area contributed by atoms with Crippen molar-refractivity contribution in [3.8, 4) is 5.75 Å². The highest BCUT2D eigenvalue weighted by atomic mass is 35.5. The van der Waals surface area contributed by atoms with Gasteiger partial charge in [0.25, 0.3) is 0 Å². The molecule has 3 rings (SSSR count). The number of carbonyl (C=O) groups is 1. The molecule has 1 aliphatic rings. The molecule has 2 aromatic rings. The minimum atomic E-state index is -0.367. The van der Waals surface area contributed by atoms with Crippen molar-refractivity contribution in [2.45, 2.75) is 25.2 Å². The molecule has 120 valence electrons. The van der Waals surface area contributed by atoms with Crippen molar-refractivity contribution in [2.24, 2.45) is 0 Å². The number of halogens is 1. The first-order valence-corrected chi connectivity index (χ1v) is 8.22. The van der Waals surface area contributed by atoms with Gasteiger partial charge in [0, 0.05) is 5.02 Å². The quantitative estimate of drug-likeness (QED) is 0.817. The summed E-state index contributed by atoms with van der Waals surface area (Å²) >= 11 is 5.92. The number of benzene rings is 2. The summed E-state index contributed by atoms with van der Waals surface area (Å²) in [6.07, 6.45) is 1.78. The topological polar surface area (TPSA) is 38.3 Å². The third kappa shape index (κ3) is 3.67. The summed E-state index contributed by atoms with van der Waals surface area (Å²) in [6.45, 7) is 2.99. The summed E-state index contributed by atoms with van der Waals surface area (Å²) in [4.78, 5) is 12.5. The first-order valence-electron chi connectivity index (χ1n) is 7.84. The van der Waals surface area contributed by atoms with Crippen LogP contribution < -0.4 is 10.1 Å². The van der Waals surface area contributed by atoms with E-state index in [9.17, 15) is 4.79 Å². The summed E-state index contributed by atoms with van der Waals surface area (Å²) in [5.41, 5.74) is 1.83. The molecule has 0 aliphatic heterocycles. The van der Waals surface area contributed by atoms with E-state index in [2.05, 4.69) is 5.32 Å². The maximum Gasteiger partial charge on any atom is 0.230 e. The summed E-state index contributed by atoms with van der Waals surface area (Å²) in [5, 5.41) is 3.68. The minimum Gasteiger partial charge on any atom is -0.492 e. The molecule has 0 saturated heterocycles. The molecule has 4 heteroatoms. The summed E-state index contributed by atoms with van der Waals surface area (Å²) in [5.74, 6) is 0.908.